The number of nitrogens with zero attached hydrogens (tertiary/aromatic N) is 2. The third kappa shape index (κ3) is 8.85. The number of hydrogen-bond acceptors (Lipinski definition) is 3. The molecule has 0 heterocycles. The Bertz CT molecular complexity index is 553. The van der Waals surface area contributed by atoms with E-state index in [0.29, 0.717) is 25.0 Å². The van der Waals surface area contributed by atoms with Gasteiger partial charge in [-0.05, 0) is 29.9 Å². The van der Waals surface area contributed by atoms with Crippen molar-refractivity contribution in [3.8, 4) is 0 Å². The van der Waals surface area contributed by atoms with Crippen molar-refractivity contribution in [3.63, 3.8) is 0 Å². The van der Waals surface area contributed by atoms with Crippen LogP contribution in [0.3, 0.4) is 0 Å². The number of guanidine groups is 1. The maximum Gasteiger partial charge on any atom is 0.243 e. The molecule has 0 radical (unpaired) electrons. The number of hydrogen-bond donors (Lipinski definition) is 2. The second-order valence-electron chi connectivity index (χ2n) is 6.80. The molecule has 6 nitrogen and oxygen atoms in total. The predicted octanol–water partition coefficient (Wildman–Crippen LogP) is 2.01. The second kappa shape index (κ2) is 12.3. The number of benzene rings is 1. The minimum Gasteiger partial charge on any atom is -0.383 e. The molecule has 1 aromatic carbocycles. The molecule has 0 bridgehead atoms. The minimum absolute atomic E-state index is 0.0249. The standard InChI is InChI=1S/C20H34N4O2/c1-16(2)18-10-8-17(9-11-18)7-6-12-21-20(22-13-14-26-5)23-15-19(25)24(3)4/h8-11,16H,6-7,12-15H2,1-5H3,(H2,21,22,23). The number of rotatable bonds is 10. The molecule has 0 saturated carbocycles. The van der Waals surface area contributed by atoms with Gasteiger partial charge in [-0.1, -0.05) is 38.1 Å². The van der Waals surface area contributed by atoms with Crippen LogP contribution in [0.2, 0.25) is 0 Å². The van der Waals surface area contributed by atoms with Crippen LogP contribution in [0, 0.1) is 0 Å². The molecule has 0 aromatic heterocycles. The van der Waals surface area contributed by atoms with Crippen LogP contribution in [0.5, 0.6) is 0 Å². The predicted molar refractivity (Wildman–Crippen MR) is 108 cm³/mol. The van der Waals surface area contributed by atoms with E-state index in [1.54, 1.807) is 21.2 Å². The lowest BCUT2D eigenvalue weighted by atomic mass is 10.0. The number of likely N-dealkylation sites (N-methyl/N-ethyl adjacent to an activating group) is 1. The van der Waals surface area contributed by atoms with E-state index in [0.717, 1.165) is 19.4 Å². The van der Waals surface area contributed by atoms with Gasteiger partial charge in [-0.15, -0.1) is 0 Å². The van der Waals surface area contributed by atoms with E-state index in [9.17, 15) is 4.79 Å². The summed E-state index contributed by atoms with van der Waals surface area (Å²) in [6, 6.07) is 8.83. The number of aliphatic imine (C=N–C) groups is 1. The van der Waals surface area contributed by atoms with Crippen molar-refractivity contribution in [1.29, 1.82) is 0 Å². The lowest BCUT2D eigenvalue weighted by Gasteiger charge is -2.13. The fourth-order valence-electron chi connectivity index (χ4n) is 2.30. The molecule has 0 aliphatic rings. The number of nitrogens with one attached hydrogen (secondary N) is 2. The maximum atomic E-state index is 11.7. The first-order chi connectivity index (χ1) is 12.4. The number of aryl methyl sites for hydroxylation is 1. The Labute approximate surface area is 158 Å². The highest BCUT2D eigenvalue weighted by Gasteiger charge is 2.04. The van der Waals surface area contributed by atoms with Gasteiger partial charge in [0.15, 0.2) is 5.96 Å². The van der Waals surface area contributed by atoms with E-state index in [4.69, 9.17) is 4.74 Å². The Balaban J connectivity index is 2.44. The summed E-state index contributed by atoms with van der Waals surface area (Å²) < 4.78 is 5.05. The van der Waals surface area contributed by atoms with E-state index >= 15 is 0 Å². The zero-order valence-electron chi connectivity index (χ0n) is 16.8. The Hall–Kier alpha value is -2.08. The van der Waals surface area contributed by atoms with Gasteiger partial charge in [-0.25, -0.2) is 4.99 Å². The number of carbonyl (C=O) groups is 1. The van der Waals surface area contributed by atoms with Gasteiger partial charge >= 0.3 is 0 Å². The van der Waals surface area contributed by atoms with Crippen LogP contribution in [0.4, 0.5) is 0 Å². The summed E-state index contributed by atoms with van der Waals surface area (Å²) in [6.07, 6.45) is 2.00. The average molecular weight is 363 g/mol. The summed E-state index contributed by atoms with van der Waals surface area (Å²) in [5.74, 6) is 1.18. The van der Waals surface area contributed by atoms with Crippen LogP contribution < -0.4 is 10.6 Å². The van der Waals surface area contributed by atoms with Crippen molar-refractivity contribution >= 4 is 11.9 Å². The molecule has 0 atom stereocenters. The van der Waals surface area contributed by atoms with E-state index in [1.807, 2.05) is 0 Å². The van der Waals surface area contributed by atoms with Crippen molar-refractivity contribution in [1.82, 2.24) is 15.5 Å². The third-order valence-electron chi connectivity index (χ3n) is 4.05. The van der Waals surface area contributed by atoms with Gasteiger partial charge in [0.2, 0.25) is 5.91 Å². The SMILES string of the molecule is COCCNC(=NCC(=O)N(C)C)NCCCc1ccc(C(C)C)cc1. The van der Waals surface area contributed by atoms with Gasteiger partial charge in [0.1, 0.15) is 6.54 Å². The summed E-state index contributed by atoms with van der Waals surface area (Å²) in [5, 5.41) is 6.46. The topological polar surface area (TPSA) is 66.0 Å². The van der Waals surface area contributed by atoms with E-state index < -0.39 is 0 Å². The average Bonchev–Trinajstić information content (AvgIpc) is 2.62. The molecule has 1 amide bonds. The zero-order chi connectivity index (χ0) is 19.4. The van der Waals surface area contributed by atoms with Gasteiger partial charge in [0, 0.05) is 34.3 Å². The molecule has 26 heavy (non-hydrogen) atoms. The van der Waals surface area contributed by atoms with Gasteiger partial charge in [-0.3, -0.25) is 4.79 Å². The molecule has 1 rings (SSSR count). The first-order valence-corrected chi connectivity index (χ1v) is 9.24. The van der Waals surface area contributed by atoms with Crippen LogP contribution >= 0.6 is 0 Å². The number of carbonyl (C=O) groups excluding carboxylic acids is 1. The van der Waals surface area contributed by atoms with Gasteiger partial charge in [0.25, 0.3) is 0 Å². The zero-order valence-corrected chi connectivity index (χ0v) is 16.8. The molecular weight excluding hydrogens is 328 g/mol. The highest BCUT2D eigenvalue weighted by atomic mass is 16.5. The molecular formula is C20H34N4O2. The van der Waals surface area contributed by atoms with Crippen LogP contribution in [0.1, 0.15) is 37.3 Å². The van der Waals surface area contributed by atoms with Crippen LogP contribution in [-0.2, 0) is 16.0 Å². The highest BCUT2D eigenvalue weighted by molar-refractivity contribution is 5.84. The van der Waals surface area contributed by atoms with E-state index in [2.05, 4.69) is 53.7 Å². The van der Waals surface area contributed by atoms with Crippen molar-refractivity contribution in [3.05, 3.63) is 35.4 Å². The largest absolute Gasteiger partial charge is 0.383 e. The Morgan fingerprint density at radius 1 is 1.15 bits per heavy atom. The normalized spacial score (nSPS) is 11.5. The molecule has 146 valence electrons. The fraction of sp³-hybridized carbons (Fsp3) is 0.600. The van der Waals surface area contributed by atoms with Gasteiger partial charge < -0.3 is 20.3 Å². The maximum absolute atomic E-state index is 11.7. The highest BCUT2D eigenvalue weighted by Crippen LogP contribution is 2.15. The summed E-state index contributed by atoms with van der Waals surface area (Å²) in [7, 11) is 5.12. The monoisotopic (exact) mass is 362 g/mol. The molecule has 0 fully saturated rings. The Kier molecular flexibility index (Phi) is 10.4. The quantitative estimate of drug-likeness (QED) is 0.380. The number of ether oxygens (including phenoxy) is 1. The molecule has 0 aliphatic heterocycles. The molecule has 1 aromatic rings. The number of amides is 1. The van der Waals surface area contributed by atoms with Crippen molar-refractivity contribution in [2.24, 2.45) is 4.99 Å². The fourth-order valence-corrected chi connectivity index (χ4v) is 2.30. The summed E-state index contributed by atoms with van der Waals surface area (Å²) in [4.78, 5) is 17.6. The Morgan fingerprint density at radius 2 is 1.81 bits per heavy atom. The minimum atomic E-state index is -0.0249. The smallest absolute Gasteiger partial charge is 0.243 e. The Morgan fingerprint density at radius 3 is 2.38 bits per heavy atom. The summed E-state index contributed by atoms with van der Waals surface area (Å²) >= 11 is 0. The molecule has 6 heteroatoms. The third-order valence-corrected chi connectivity index (χ3v) is 4.05. The first-order valence-electron chi connectivity index (χ1n) is 9.24. The van der Waals surface area contributed by atoms with E-state index in [-0.39, 0.29) is 12.5 Å². The van der Waals surface area contributed by atoms with Crippen molar-refractivity contribution in [2.45, 2.75) is 32.6 Å². The molecule has 0 unspecified atom stereocenters. The van der Waals surface area contributed by atoms with Crippen LogP contribution in [-0.4, -0.2) is 64.2 Å². The molecule has 0 spiro atoms. The van der Waals surface area contributed by atoms with E-state index in [1.165, 1.54) is 16.0 Å². The van der Waals surface area contributed by atoms with Crippen molar-refractivity contribution in [2.75, 3.05) is 47.4 Å². The van der Waals surface area contributed by atoms with Crippen LogP contribution in [0.25, 0.3) is 0 Å². The summed E-state index contributed by atoms with van der Waals surface area (Å²) in [6.45, 7) is 6.57. The lowest BCUT2D eigenvalue weighted by Crippen LogP contribution is -2.40. The first kappa shape index (κ1) is 22.0. The lowest BCUT2D eigenvalue weighted by molar-refractivity contribution is -0.127. The molecule has 0 saturated heterocycles. The van der Waals surface area contributed by atoms with Gasteiger partial charge in [-0.2, -0.15) is 0 Å². The van der Waals surface area contributed by atoms with Crippen molar-refractivity contribution < 1.29 is 9.53 Å². The van der Waals surface area contributed by atoms with Crippen LogP contribution in [0.15, 0.2) is 29.3 Å². The molecule has 2 N–H and O–H groups in total. The number of methoxy groups -OCH3 is 1. The summed E-state index contributed by atoms with van der Waals surface area (Å²) in [5.41, 5.74) is 2.71. The molecule has 0 aliphatic carbocycles. The van der Waals surface area contributed by atoms with Gasteiger partial charge in [0.05, 0.1) is 6.61 Å². The second-order valence-corrected chi connectivity index (χ2v) is 6.80.